The van der Waals surface area contributed by atoms with Crippen LogP contribution in [0.2, 0.25) is 0 Å². The first-order valence-electron chi connectivity index (χ1n) is 10.6. The zero-order valence-electron chi connectivity index (χ0n) is 17.6. The van der Waals surface area contributed by atoms with E-state index in [1.165, 1.54) is 0 Å². The minimum Gasteiger partial charge on any atom is -0.356 e. The summed E-state index contributed by atoms with van der Waals surface area (Å²) in [7, 11) is 0. The van der Waals surface area contributed by atoms with Crippen molar-refractivity contribution in [3.63, 3.8) is 0 Å². The topological polar surface area (TPSA) is 92.3 Å². The molecule has 0 atom stereocenters. The van der Waals surface area contributed by atoms with E-state index in [1.54, 1.807) is 0 Å². The summed E-state index contributed by atoms with van der Waals surface area (Å²) < 4.78 is 0. The molecule has 28 heavy (non-hydrogen) atoms. The molecule has 2 N–H and O–H groups in total. The lowest BCUT2D eigenvalue weighted by atomic mass is 10.0. The van der Waals surface area contributed by atoms with Crippen molar-refractivity contribution in [3.05, 3.63) is 0 Å². The van der Waals surface area contributed by atoms with Crippen LogP contribution in [0.25, 0.3) is 0 Å². The third-order valence-electron chi connectivity index (χ3n) is 4.51. The number of Topliss-reactive ketones (excluding diaryl/α,β-unsaturated/α-hetero) is 1. The van der Waals surface area contributed by atoms with Crippen molar-refractivity contribution in [2.24, 2.45) is 5.92 Å². The molecule has 0 aromatic rings. The Bertz CT molecular complexity index is 481. The maximum atomic E-state index is 11.7. The van der Waals surface area contributed by atoms with Crippen LogP contribution in [-0.4, -0.2) is 35.8 Å². The van der Waals surface area contributed by atoms with E-state index in [4.69, 9.17) is 0 Å². The molecule has 0 aromatic carbocycles. The maximum Gasteiger partial charge on any atom is 0.219 e. The van der Waals surface area contributed by atoms with Gasteiger partial charge in [-0.3, -0.25) is 19.2 Å². The first-order chi connectivity index (χ1) is 13.3. The molecule has 0 saturated heterocycles. The Kier molecular flexibility index (Phi) is 16.8. The van der Waals surface area contributed by atoms with E-state index in [9.17, 15) is 19.2 Å². The summed E-state index contributed by atoms with van der Waals surface area (Å²) in [6.45, 7) is 5.16. The summed E-state index contributed by atoms with van der Waals surface area (Å²) in [5, 5.41) is 5.67. The lowest BCUT2D eigenvalue weighted by Gasteiger charge is -2.07. The Morgan fingerprint density at radius 1 is 0.643 bits per heavy atom. The van der Waals surface area contributed by atoms with Crippen LogP contribution in [0.3, 0.4) is 0 Å². The average molecular weight is 415 g/mol. The number of rotatable bonds is 18. The number of ketones is 1. The van der Waals surface area contributed by atoms with E-state index in [2.05, 4.69) is 23.3 Å². The summed E-state index contributed by atoms with van der Waals surface area (Å²) in [5.41, 5.74) is 0. The molecular weight excluding hydrogens is 376 g/mol. The van der Waals surface area contributed by atoms with Gasteiger partial charge in [-0.15, -0.1) is 12.6 Å². The first-order valence-corrected chi connectivity index (χ1v) is 11.1. The molecule has 2 amide bonds. The highest BCUT2D eigenvalue weighted by molar-refractivity contribution is 7.96. The molecule has 0 fully saturated rings. The fraction of sp³-hybridized carbons (Fsp3) is 0.810. The van der Waals surface area contributed by atoms with E-state index in [0.717, 1.165) is 38.5 Å². The molecule has 0 spiro atoms. The molecule has 0 radical (unpaired) electrons. The number of thiol groups is 1. The fourth-order valence-corrected chi connectivity index (χ4v) is 2.83. The third-order valence-corrected chi connectivity index (χ3v) is 4.74. The number of carbonyl (C=O) groups excluding carboxylic acids is 4. The zero-order chi connectivity index (χ0) is 21.2. The van der Waals surface area contributed by atoms with Gasteiger partial charge in [-0.25, -0.2) is 0 Å². The van der Waals surface area contributed by atoms with Crippen molar-refractivity contribution in [1.29, 1.82) is 0 Å². The Hall–Kier alpha value is -1.37. The van der Waals surface area contributed by atoms with E-state index < -0.39 is 0 Å². The number of hydrogen-bond donors (Lipinski definition) is 3. The lowest BCUT2D eigenvalue weighted by Crippen LogP contribution is -2.25. The number of nitrogens with one attached hydrogen (secondary N) is 2. The van der Waals surface area contributed by atoms with Crippen molar-refractivity contribution >= 4 is 35.3 Å². The van der Waals surface area contributed by atoms with E-state index in [-0.39, 0.29) is 28.6 Å². The highest BCUT2D eigenvalue weighted by Crippen LogP contribution is 2.06. The minimum absolute atomic E-state index is 0.0361. The number of hydrogen-bond acceptors (Lipinski definition) is 4. The Morgan fingerprint density at radius 3 is 1.50 bits per heavy atom. The fourth-order valence-electron chi connectivity index (χ4n) is 2.67. The van der Waals surface area contributed by atoms with Crippen LogP contribution in [0.1, 0.15) is 90.9 Å². The van der Waals surface area contributed by atoms with Crippen LogP contribution < -0.4 is 10.6 Å². The van der Waals surface area contributed by atoms with E-state index in [1.807, 2.05) is 13.8 Å². The highest BCUT2D eigenvalue weighted by atomic mass is 32.1. The Labute approximate surface area is 175 Å². The quantitative estimate of drug-likeness (QED) is 0.236. The molecule has 0 aromatic heterocycles. The van der Waals surface area contributed by atoms with Gasteiger partial charge in [-0.1, -0.05) is 26.7 Å². The molecule has 0 aliphatic carbocycles. The largest absolute Gasteiger partial charge is 0.356 e. The van der Waals surface area contributed by atoms with Gasteiger partial charge in [0.25, 0.3) is 0 Å². The minimum atomic E-state index is -0.130. The average Bonchev–Trinajstić information content (AvgIpc) is 2.64. The molecule has 0 unspecified atom stereocenters. The van der Waals surface area contributed by atoms with Gasteiger partial charge in [0, 0.05) is 44.7 Å². The van der Waals surface area contributed by atoms with Gasteiger partial charge >= 0.3 is 0 Å². The smallest absolute Gasteiger partial charge is 0.219 e. The predicted molar refractivity (Wildman–Crippen MR) is 115 cm³/mol. The standard InChI is InChI=1S/C21H38N2O4S/c1-17(2)18(24)11-5-6-12-19(25)22-15-9-3-4-10-16-23-20(26)13-7-8-14-21(27)28/h17H,3-16H2,1-2H3,(H,22,25)(H,23,26)(H,27,28). The second kappa shape index (κ2) is 17.7. The molecule has 0 bridgehead atoms. The van der Waals surface area contributed by atoms with Gasteiger partial charge < -0.3 is 10.6 Å². The summed E-state index contributed by atoms with van der Waals surface area (Å²) in [6, 6.07) is 0. The summed E-state index contributed by atoms with van der Waals surface area (Å²) in [6.07, 6.45) is 8.79. The monoisotopic (exact) mass is 414 g/mol. The normalized spacial score (nSPS) is 10.7. The Balaban J connectivity index is 3.38. The summed E-state index contributed by atoms with van der Waals surface area (Å²) in [5.74, 6) is 0.441. The first kappa shape index (κ1) is 26.6. The molecule has 162 valence electrons. The van der Waals surface area contributed by atoms with Gasteiger partial charge in [0.2, 0.25) is 11.8 Å². The Morgan fingerprint density at radius 2 is 1.07 bits per heavy atom. The number of amides is 2. The zero-order valence-corrected chi connectivity index (χ0v) is 18.5. The predicted octanol–water partition coefficient (Wildman–Crippen LogP) is 3.58. The van der Waals surface area contributed by atoms with Crippen LogP contribution in [0.5, 0.6) is 0 Å². The molecule has 0 aliphatic rings. The van der Waals surface area contributed by atoms with Crippen molar-refractivity contribution in [2.45, 2.75) is 90.9 Å². The summed E-state index contributed by atoms with van der Waals surface area (Å²) >= 11 is 3.70. The van der Waals surface area contributed by atoms with Crippen molar-refractivity contribution in [2.75, 3.05) is 13.1 Å². The van der Waals surface area contributed by atoms with E-state index in [0.29, 0.717) is 51.6 Å². The molecule has 0 saturated carbocycles. The van der Waals surface area contributed by atoms with Crippen LogP contribution in [0.15, 0.2) is 0 Å². The molecule has 0 heterocycles. The van der Waals surface area contributed by atoms with E-state index >= 15 is 0 Å². The van der Waals surface area contributed by atoms with Gasteiger partial charge in [-0.2, -0.15) is 0 Å². The van der Waals surface area contributed by atoms with Gasteiger partial charge in [-0.05, 0) is 38.5 Å². The molecule has 0 aliphatic heterocycles. The van der Waals surface area contributed by atoms with Crippen molar-refractivity contribution in [3.8, 4) is 0 Å². The molecule has 0 rings (SSSR count). The molecular formula is C21H38N2O4S. The third kappa shape index (κ3) is 18.0. The van der Waals surface area contributed by atoms with Crippen LogP contribution in [0.4, 0.5) is 0 Å². The highest BCUT2D eigenvalue weighted by Gasteiger charge is 2.07. The second-order valence-electron chi connectivity index (χ2n) is 7.54. The molecule has 6 nitrogen and oxygen atoms in total. The number of unbranched alkanes of at least 4 members (excludes halogenated alkanes) is 5. The lowest BCUT2D eigenvalue weighted by molar-refractivity contribution is -0.123. The van der Waals surface area contributed by atoms with Crippen LogP contribution in [0, 0.1) is 5.92 Å². The van der Waals surface area contributed by atoms with Gasteiger partial charge in [0.05, 0.1) is 0 Å². The summed E-state index contributed by atoms with van der Waals surface area (Å²) in [4.78, 5) is 45.5. The van der Waals surface area contributed by atoms with Crippen LogP contribution >= 0.6 is 12.6 Å². The van der Waals surface area contributed by atoms with Crippen molar-refractivity contribution in [1.82, 2.24) is 10.6 Å². The van der Waals surface area contributed by atoms with Gasteiger partial charge in [0.15, 0.2) is 5.12 Å². The van der Waals surface area contributed by atoms with Gasteiger partial charge in [0.1, 0.15) is 5.78 Å². The van der Waals surface area contributed by atoms with Crippen LogP contribution in [-0.2, 0) is 19.2 Å². The molecule has 7 heteroatoms. The second-order valence-corrected chi connectivity index (χ2v) is 8.04. The SMILES string of the molecule is CC(C)C(=O)CCCCC(=O)NCCCCCCNC(=O)CCCCC(=O)S. The number of carbonyl (C=O) groups is 4. The maximum absolute atomic E-state index is 11.7. The van der Waals surface area contributed by atoms with Crippen molar-refractivity contribution < 1.29 is 19.2 Å².